The minimum absolute atomic E-state index is 0.0330. The number of para-hydroxylation sites is 1. The van der Waals surface area contributed by atoms with Crippen LogP contribution >= 0.6 is 11.7 Å². The van der Waals surface area contributed by atoms with Crippen LogP contribution in [-0.4, -0.2) is 56.1 Å². The van der Waals surface area contributed by atoms with Gasteiger partial charge < -0.3 is 35.2 Å². The lowest BCUT2D eigenvalue weighted by Gasteiger charge is -2.32. The number of anilines is 3. The number of ether oxygens (including phenoxy) is 2. The number of aliphatic carboxylic acids is 1. The average Bonchev–Trinajstić information content (AvgIpc) is 3.45. The van der Waals surface area contributed by atoms with Gasteiger partial charge in [0.15, 0.2) is 28.9 Å². The Labute approximate surface area is 212 Å². The first-order valence-corrected chi connectivity index (χ1v) is 11.8. The molecule has 11 nitrogen and oxygen atoms in total. The van der Waals surface area contributed by atoms with E-state index in [0.717, 1.165) is 22.2 Å². The second-order valence-corrected chi connectivity index (χ2v) is 9.93. The Hall–Kier alpha value is -4.06. The van der Waals surface area contributed by atoms with Crippen LogP contribution in [0.4, 0.5) is 17.3 Å². The topological polar surface area (TPSA) is 146 Å². The third kappa shape index (κ3) is 5.28. The van der Waals surface area contributed by atoms with Crippen molar-refractivity contribution >= 4 is 40.9 Å². The van der Waals surface area contributed by atoms with Crippen molar-refractivity contribution < 1.29 is 29.3 Å². The molecule has 0 radical (unpaired) electrons. The maximum Gasteiger partial charge on any atom is 0.323 e. The molecule has 3 aromatic rings. The number of aromatic nitrogens is 2. The highest BCUT2D eigenvalue weighted by Crippen LogP contribution is 2.42. The number of phenolic OH excluding ortho intramolecular Hbond substituents is 1. The summed E-state index contributed by atoms with van der Waals surface area (Å²) in [7, 11) is 1.35. The van der Waals surface area contributed by atoms with Crippen molar-refractivity contribution in [1.29, 1.82) is 0 Å². The van der Waals surface area contributed by atoms with Gasteiger partial charge in [-0.1, -0.05) is 32.9 Å². The number of likely N-dealkylation sites (N-methyl/N-ethyl adjacent to an activating group) is 1. The molecule has 190 valence electrons. The van der Waals surface area contributed by atoms with Gasteiger partial charge in [0.25, 0.3) is 5.91 Å². The molecule has 1 aromatic heterocycles. The quantitative estimate of drug-likeness (QED) is 0.325. The summed E-state index contributed by atoms with van der Waals surface area (Å²) in [5.41, 5.74) is 0.949. The van der Waals surface area contributed by atoms with Gasteiger partial charge in [-0.05, 0) is 35.2 Å². The largest absolute Gasteiger partial charge is 0.505 e. The zero-order valence-corrected chi connectivity index (χ0v) is 21.0. The molecule has 2 aromatic carbocycles. The van der Waals surface area contributed by atoms with E-state index < -0.39 is 18.4 Å². The van der Waals surface area contributed by atoms with Crippen LogP contribution in [0.5, 0.6) is 17.2 Å². The first kappa shape index (κ1) is 25.0. The molecular formula is C24H27N5O6S. The van der Waals surface area contributed by atoms with Crippen LogP contribution in [0.3, 0.4) is 0 Å². The lowest BCUT2D eigenvalue weighted by atomic mass is 9.82. The van der Waals surface area contributed by atoms with Crippen molar-refractivity contribution in [2.24, 2.45) is 5.41 Å². The van der Waals surface area contributed by atoms with Gasteiger partial charge in [-0.2, -0.15) is 8.75 Å². The number of carbonyl (C=O) groups excluding carboxylic acids is 1. The first-order chi connectivity index (χ1) is 17.0. The van der Waals surface area contributed by atoms with Crippen LogP contribution in [0.2, 0.25) is 0 Å². The number of nitrogens with one attached hydrogen (secondary N) is 2. The average molecular weight is 514 g/mol. The second kappa shape index (κ2) is 9.90. The Balaban J connectivity index is 1.59. The minimum atomic E-state index is -1.15. The fraction of sp³-hybridized carbons (Fsp3) is 0.333. The maximum atomic E-state index is 12.6. The molecule has 0 aliphatic carbocycles. The molecule has 2 heterocycles. The maximum absolute atomic E-state index is 12.6. The van der Waals surface area contributed by atoms with E-state index in [1.165, 1.54) is 13.1 Å². The standard InChI is InChI=1S/C24H27N5O6S/c1-24(2,3)20(13-8-9-16-17(10-13)35-12-34-16)26-22-21(27-36-28-22)25-15-7-5-6-14(19(15)32)23(33)29(4)11-18(30)31/h5-10,20,32H,11-12H2,1-4H3,(H,25,27)(H,26,28)(H,30,31)/t20-/m0/s1. The van der Waals surface area contributed by atoms with Gasteiger partial charge >= 0.3 is 5.97 Å². The van der Waals surface area contributed by atoms with E-state index in [-0.39, 0.29) is 35.3 Å². The predicted molar refractivity (Wildman–Crippen MR) is 134 cm³/mol. The van der Waals surface area contributed by atoms with Gasteiger partial charge in [0.2, 0.25) is 6.79 Å². The molecule has 4 N–H and O–H groups in total. The first-order valence-electron chi connectivity index (χ1n) is 11.1. The number of benzene rings is 2. The van der Waals surface area contributed by atoms with Crippen molar-refractivity contribution in [1.82, 2.24) is 13.6 Å². The fourth-order valence-corrected chi connectivity index (χ4v) is 4.29. The van der Waals surface area contributed by atoms with Gasteiger partial charge in [0.05, 0.1) is 29.0 Å². The number of nitrogens with zero attached hydrogens (tertiary/aromatic N) is 3. The Kier molecular flexibility index (Phi) is 6.88. The number of hydrogen-bond acceptors (Lipinski definition) is 10. The number of rotatable bonds is 8. The Bertz CT molecular complexity index is 1290. The summed E-state index contributed by atoms with van der Waals surface area (Å²) < 4.78 is 19.7. The van der Waals surface area contributed by atoms with Crippen LogP contribution in [0.25, 0.3) is 0 Å². The van der Waals surface area contributed by atoms with Gasteiger partial charge in [-0.25, -0.2) is 0 Å². The molecule has 4 rings (SSSR count). The molecule has 0 saturated heterocycles. The summed E-state index contributed by atoms with van der Waals surface area (Å²) in [5.74, 6) is 0.122. The Morgan fingerprint density at radius 3 is 2.58 bits per heavy atom. The molecule has 36 heavy (non-hydrogen) atoms. The molecule has 12 heteroatoms. The molecule has 0 saturated carbocycles. The van der Waals surface area contributed by atoms with E-state index in [0.29, 0.717) is 23.1 Å². The molecule has 0 fully saturated rings. The van der Waals surface area contributed by atoms with Gasteiger partial charge in [0, 0.05) is 7.05 Å². The molecule has 1 aliphatic heterocycles. The highest BCUT2D eigenvalue weighted by molar-refractivity contribution is 6.99. The van der Waals surface area contributed by atoms with Crippen molar-refractivity contribution in [3.8, 4) is 17.2 Å². The summed E-state index contributed by atoms with van der Waals surface area (Å²) in [5, 5.41) is 26.2. The number of carboxylic acid groups (broad SMARTS) is 1. The Morgan fingerprint density at radius 2 is 1.86 bits per heavy atom. The Morgan fingerprint density at radius 1 is 1.14 bits per heavy atom. The zero-order chi connectivity index (χ0) is 26.0. The van der Waals surface area contributed by atoms with Crippen LogP contribution < -0.4 is 20.1 Å². The summed E-state index contributed by atoms with van der Waals surface area (Å²) in [6.07, 6.45) is 0. The van der Waals surface area contributed by atoms with Crippen LogP contribution in [-0.2, 0) is 4.79 Å². The van der Waals surface area contributed by atoms with Crippen molar-refractivity contribution in [2.75, 3.05) is 31.0 Å². The van der Waals surface area contributed by atoms with E-state index >= 15 is 0 Å². The monoisotopic (exact) mass is 513 g/mol. The molecule has 1 amide bonds. The lowest BCUT2D eigenvalue weighted by Crippen LogP contribution is -2.32. The highest BCUT2D eigenvalue weighted by Gasteiger charge is 2.30. The number of aromatic hydroxyl groups is 1. The summed E-state index contributed by atoms with van der Waals surface area (Å²) in [6.45, 7) is 5.98. The molecule has 1 atom stereocenters. The molecular weight excluding hydrogens is 486 g/mol. The number of hydrogen-bond donors (Lipinski definition) is 4. The smallest absolute Gasteiger partial charge is 0.323 e. The number of carboxylic acids is 1. The number of amides is 1. The van der Waals surface area contributed by atoms with Crippen molar-refractivity contribution in [3.05, 3.63) is 47.5 Å². The van der Waals surface area contributed by atoms with E-state index in [1.54, 1.807) is 12.1 Å². The van der Waals surface area contributed by atoms with Crippen molar-refractivity contribution in [2.45, 2.75) is 26.8 Å². The summed E-state index contributed by atoms with van der Waals surface area (Å²) in [6, 6.07) is 10.2. The molecule has 0 unspecified atom stereocenters. The number of phenols is 1. The molecule has 1 aliphatic rings. The van der Waals surface area contributed by atoms with Gasteiger partial charge in [0.1, 0.15) is 6.54 Å². The summed E-state index contributed by atoms with van der Waals surface area (Å²) in [4.78, 5) is 24.6. The van der Waals surface area contributed by atoms with Gasteiger partial charge in [-0.3, -0.25) is 9.59 Å². The van der Waals surface area contributed by atoms with E-state index in [9.17, 15) is 14.7 Å². The highest BCUT2D eigenvalue weighted by atomic mass is 32.1. The third-order valence-corrected chi connectivity index (χ3v) is 6.13. The SMILES string of the molecule is CN(CC(=O)O)C(=O)c1cccc(Nc2nsnc2N[C@@H](c2ccc3c(c2)OCO3)C(C)(C)C)c1O. The second-order valence-electron chi connectivity index (χ2n) is 9.40. The lowest BCUT2D eigenvalue weighted by molar-refractivity contribution is -0.137. The van der Waals surface area contributed by atoms with Gasteiger partial charge in [-0.15, -0.1) is 0 Å². The van der Waals surface area contributed by atoms with Crippen LogP contribution in [0.1, 0.15) is 42.7 Å². The summed E-state index contributed by atoms with van der Waals surface area (Å²) >= 11 is 0.990. The van der Waals surface area contributed by atoms with E-state index in [1.807, 2.05) is 18.2 Å². The number of fused-ring (bicyclic) bond motifs is 1. The third-order valence-electron chi connectivity index (χ3n) is 5.60. The van der Waals surface area contributed by atoms with E-state index in [2.05, 4.69) is 40.2 Å². The molecule has 0 bridgehead atoms. The van der Waals surface area contributed by atoms with Crippen LogP contribution in [0.15, 0.2) is 36.4 Å². The van der Waals surface area contributed by atoms with E-state index in [4.69, 9.17) is 14.6 Å². The normalized spacial score (nSPS) is 13.2. The zero-order valence-electron chi connectivity index (χ0n) is 20.2. The fourth-order valence-electron chi connectivity index (χ4n) is 3.82. The number of carbonyl (C=O) groups is 2. The van der Waals surface area contributed by atoms with Crippen LogP contribution in [0, 0.1) is 5.41 Å². The molecule has 0 spiro atoms. The van der Waals surface area contributed by atoms with Crippen molar-refractivity contribution in [3.63, 3.8) is 0 Å². The minimum Gasteiger partial charge on any atom is -0.505 e. The predicted octanol–water partition coefficient (Wildman–Crippen LogP) is 4.07.